The Labute approximate surface area is 209 Å². The average molecular weight is 553 g/mol. The smallest absolute Gasteiger partial charge is 0.203 e. The van der Waals surface area contributed by atoms with E-state index in [1.165, 1.54) is 5.56 Å². The molecule has 6 nitrogen and oxygen atoms in total. The molecule has 2 atom stereocenters. The van der Waals surface area contributed by atoms with Gasteiger partial charge in [0.1, 0.15) is 0 Å². The third-order valence-corrected chi connectivity index (χ3v) is 6.11. The highest BCUT2D eigenvalue weighted by Gasteiger charge is 2.28. The highest BCUT2D eigenvalue weighted by atomic mass is 127. The number of methoxy groups -OCH3 is 3. The van der Waals surface area contributed by atoms with E-state index in [-0.39, 0.29) is 24.0 Å². The first kappa shape index (κ1) is 26.1. The number of piperidine rings is 1. The van der Waals surface area contributed by atoms with Gasteiger partial charge in [-0.15, -0.1) is 24.0 Å². The SMILES string of the molecule is CN=C(NCCc1ccc(OC)c(OC)c1OC)N1CCC(c2ccccc2)C(C)C1.I. The van der Waals surface area contributed by atoms with E-state index in [4.69, 9.17) is 14.2 Å². The number of aliphatic imine (C=N–C) groups is 1. The van der Waals surface area contributed by atoms with Crippen LogP contribution in [0.3, 0.4) is 0 Å². The Kier molecular flexibility index (Phi) is 10.4. The quantitative estimate of drug-likeness (QED) is 0.309. The highest BCUT2D eigenvalue weighted by Crippen LogP contribution is 2.39. The molecular weight excluding hydrogens is 517 g/mol. The zero-order valence-corrected chi connectivity index (χ0v) is 22.1. The summed E-state index contributed by atoms with van der Waals surface area (Å²) >= 11 is 0. The lowest BCUT2D eigenvalue weighted by molar-refractivity contribution is 0.234. The van der Waals surface area contributed by atoms with Gasteiger partial charge in [0.2, 0.25) is 5.75 Å². The number of guanidine groups is 1. The van der Waals surface area contributed by atoms with Gasteiger partial charge in [-0.1, -0.05) is 43.3 Å². The van der Waals surface area contributed by atoms with Crippen LogP contribution in [-0.4, -0.2) is 58.9 Å². The monoisotopic (exact) mass is 553 g/mol. The van der Waals surface area contributed by atoms with Crippen LogP contribution < -0.4 is 19.5 Å². The zero-order chi connectivity index (χ0) is 22.2. The van der Waals surface area contributed by atoms with Crippen molar-refractivity contribution in [3.8, 4) is 17.2 Å². The fraction of sp³-hybridized carbons (Fsp3) is 0.480. The van der Waals surface area contributed by atoms with E-state index < -0.39 is 0 Å². The highest BCUT2D eigenvalue weighted by molar-refractivity contribution is 14.0. The lowest BCUT2D eigenvalue weighted by Crippen LogP contribution is -2.48. The molecule has 176 valence electrons. The van der Waals surface area contributed by atoms with E-state index in [0.29, 0.717) is 23.3 Å². The largest absolute Gasteiger partial charge is 0.493 e. The minimum Gasteiger partial charge on any atom is -0.493 e. The van der Waals surface area contributed by atoms with Crippen LogP contribution in [0.25, 0.3) is 0 Å². The van der Waals surface area contributed by atoms with Gasteiger partial charge in [-0.25, -0.2) is 0 Å². The van der Waals surface area contributed by atoms with Crippen LogP contribution in [0.1, 0.15) is 30.4 Å². The standard InChI is InChI=1S/C25H35N3O3.HI/c1-18-17-28(16-14-21(18)19-9-7-6-8-10-19)25(26-2)27-15-13-20-11-12-22(29-3)24(31-5)23(20)30-4;/h6-12,18,21H,13-17H2,1-5H3,(H,26,27);1H. The number of benzene rings is 2. The maximum atomic E-state index is 5.60. The third kappa shape index (κ3) is 5.99. The summed E-state index contributed by atoms with van der Waals surface area (Å²) in [6.07, 6.45) is 1.92. The molecule has 1 saturated heterocycles. The van der Waals surface area contributed by atoms with Crippen molar-refractivity contribution in [2.45, 2.75) is 25.7 Å². The number of likely N-dealkylation sites (tertiary alicyclic amines) is 1. The number of hydrogen-bond donors (Lipinski definition) is 1. The molecule has 2 aromatic rings. The maximum Gasteiger partial charge on any atom is 0.203 e. The van der Waals surface area contributed by atoms with Gasteiger partial charge in [0, 0.05) is 32.2 Å². The number of ether oxygens (including phenoxy) is 3. The van der Waals surface area contributed by atoms with E-state index >= 15 is 0 Å². The van der Waals surface area contributed by atoms with Crippen molar-refractivity contribution < 1.29 is 14.2 Å². The first-order valence-corrected chi connectivity index (χ1v) is 10.9. The average Bonchev–Trinajstić information content (AvgIpc) is 2.81. The maximum absolute atomic E-state index is 5.60. The van der Waals surface area contributed by atoms with Crippen LogP contribution in [-0.2, 0) is 6.42 Å². The lowest BCUT2D eigenvalue weighted by Gasteiger charge is -2.39. The Morgan fingerprint density at radius 2 is 1.75 bits per heavy atom. The predicted octanol–water partition coefficient (Wildman–Crippen LogP) is 4.57. The number of rotatable bonds is 7. The molecule has 0 amide bonds. The molecule has 3 rings (SSSR count). The van der Waals surface area contributed by atoms with Gasteiger partial charge in [0.25, 0.3) is 0 Å². The molecule has 0 aliphatic carbocycles. The zero-order valence-electron chi connectivity index (χ0n) is 19.8. The first-order chi connectivity index (χ1) is 15.1. The van der Waals surface area contributed by atoms with Gasteiger partial charge in [-0.05, 0) is 36.3 Å². The summed E-state index contributed by atoms with van der Waals surface area (Å²) in [7, 11) is 6.77. The summed E-state index contributed by atoms with van der Waals surface area (Å²) in [5, 5.41) is 3.53. The first-order valence-electron chi connectivity index (χ1n) is 10.9. The number of halogens is 1. The van der Waals surface area contributed by atoms with E-state index in [1.54, 1.807) is 21.3 Å². The van der Waals surface area contributed by atoms with Crippen molar-refractivity contribution in [2.75, 3.05) is 48.0 Å². The fourth-order valence-corrected chi connectivity index (χ4v) is 4.53. The molecule has 2 aromatic carbocycles. The Morgan fingerprint density at radius 3 is 2.34 bits per heavy atom. The van der Waals surface area contributed by atoms with Gasteiger partial charge in [0.15, 0.2) is 17.5 Å². The topological polar surface area (TPSA) is 55.3 Å². The second-order valence-corrected chi connectivity index (χ2v) is 7.95. The molecule has 2 unspecified atom stereocenters. The molecule has 0 saturated carbocycles. The van der Waals surface area contributed by atoms with E-state index in [9.17, 15) is 0 Å². The molecule has 0 spiro atoms. The summed E-state index contributed by atoms with van der Waals surface area (Å²) in [4.78, 5) is 6.91. The molecule has 0 aromatic heterocycles. The van der Waals surface area contributed by atoms with Crippen molar-refractivity contribution >= 4 is 29.9 Å². The molecule has 0 bridgehead atoms. The Bertz CT molecular complexity index is 876. The van der Waals surface area contributed by atoms with Crippen molar-refractivity contribution in [3.63, 3.8) is 0 Å². The Hall–Kier alpha value is -2.16. The van der Waals surface area contributed by atoms with Crippen molar-refractivity contribution in [1.29, 1.82) is 0 Å². The minimum atomic E-state index is 0. The van der Waals surface area contributed by atoms with Crippen LogP contribution in [0.15, 0.2) is 47.5 Å². The van der Waals surface area contributed by atoms with Crippen LogP contribution in [0.5, 0.6) is 17.2 Å². The van der Waals surface area contributed by atoms with E-state index in [1.807, 2.05) is 19.2 Å². The van der Waals surface area contributed by atoms with Crippen molar-refractivity contribution in [2.24, 2.45) is 10.9 Å². The van der Waals surface area contributed by atoms with Crippen LogP contribution in [0.4, 0.5) is 0 Å². The van der Waals surface area contributed by atoms with Crippen LogP contribution in [0.2, 0.25) is 0 Å². The fourth-order valence-electron chi connectivity index (χ4n) is 4.53. The molecule has 7 heteroatoms. The second kappa shape index (κ2) is 12.8. The molecule has 1 heterocycles. The Balaban J connectivity index is 0.00000363. The molecule has 1 fully saturated rings. The van der Waals surface area contributed by atoms with E-state index in [0.717, 1.165) is 49.7 Å². The molecular formula is C25H36IN3O3. The predicted molar refractivity (Wildman–Crippen MR) is 141 cm³/mol. The summed E-state index contributed by atoms with van der Waals surface area (Å²) in [6.45, 7) is 5.10. The number of hydrogen-bond acceptors (Lipinski definition) is 4. The molecule has 1 aliphatic rings. The number of nitrogens with zero attached hydrogens (tertiary/aromatic N) is 2. The van der Waals surface area contributed by atoms with Gasteiger partial charge < -0.3 is 24.4 Å². The molecule has 1 aliphatic heterocycles. The van der Waals surface area contributed by atoms with Crippen LogP contribution in [0, 0.1) is 5.92 Å². The molecule has 32 heavy (non-hydrogen) atoms. The van der Waals surface area contributed by atoms with E-state index in [2.05, 4.69) is 52.5 Å². The number of nitrogens with one attached hydrogen (secondary N) is 1. The van der Waals surface area contributed by atoms with Crippen LogP contribution >= 0.6 is 24.0 Å². The summed E-state index contributed by atoms with van der Waals surface area (Å²) in [5.74, 6) is 4.15. The Morgan fingerprint density at radius 1 is 1.03 bits per heavy atom. The summed E-state index contributed by atoms with van der Waals surface area (Å²) < 4.78 is 16.5. The van der Waals surface area contributed by atoms with Gasteiger partial charge in [-0.3, -0.25) is 4.99 Å². The van der Waals surface area contributed by atoms with Crippen molar-refractivity contribution in [3.05, 3.63) is 53.6 Å². The third-order valence-electron chi connectivity index (χ3n) is 6.11. The van der Waals surface area contributed by atoms with Gasteiger partial charge in [0.05, 0.1) is 21.3 Å². The summed E-state index contributed by atoms with van der Waals surface area (Å²) in [5.41, 5.74) is 2.51. The van der Waals surface area contributed by atoms with Gasteiger partial charge >= 0.3 is 0 Å². The lowest BCUT2D eigenvalue weighted by atomic mass is 9.82. The van der Waals surface area contributed by atoms with Crippen molar-refractivity contribution in [1.82, 2.24) is 10.2 Å². The van der Waals surface area contributed by atoms with Gasteiger partial charge in [-0.2, -0.15) is 0 Å². The second-order valence-electron chi connectivity index (χ2n) is 7.95. The molecule has 0 radical (unpaired) electrons. The minimum absolute atomic E-state index is 0. The summed E-state index contributed by atoms with van der Waals surface area (Å²) in [6, 6.07) is 14.8. The normalized spacial score (nSPS) is 18.5. The molecule has 1 N–H and O–H groups in total.